The van der Waals surface area contributed by atoms with Crippen molar-refractivity contribution in [3.05, 3.63) is 95.4 Å². The Morgan fingerprint density at radius 2 is 1.76 bits per heavy atom. The molecule has 234 valence electrons. The van der Waals surface area contributed by atoms with Gasteiger partial charge >= 0.3 is 6.03 Å². The number of fused-ring (bicyclic) bond motifs is 1. The van der Waals surface area contributed by atoms with Crippen molar-refractivity contribution in [3.8, 4) is 0 Å². The molecule has 3 aromatic carbocycles. The van der Waals surface area contributed by atoms with E-state index in [-0.39, 0.29) is 31.3 Å². The van der Waals surface area contributed by atoms with Gasteiger partial charge in [0.05, 0.1) is 5.69 Å². The average Bonchev–Trinajstić information content (AvgIpc) is 3.44. The number of carbonyl (C=O) groups is 4. The molecule has 5 rings (SSSR count). The van der Waals surface area contributed by atoms with Crippen LogP contribution in [0.2, 0.25) is 0 Å². The minimum absolute atomic E-state index is 0.204. The number of Topliss-reactive ketones (excluding diaryl/α,β-unsaturated/α-hetero) is 1. The molecule has 0 saturated carbocycles. The second-order valence-electron chi connectivity index (χ2n) is 11.6. The summed E-state index contributed by atoms with van der Waals surface area (Å²) in [5, 5.41) is 6.72. The number of H-pyrrole nitrogens is 1. The lowest BCUT2D eigenvalue weighted by molar-refractivity contribution is -0.120. The minimum Gasteiger partial charge on any atom is -0.361 e. The summed E-state index contributed by atoms with van der Waals surface area (Å²) in [4.78, 5) is 61.3. The Morgan fingerprint density at radius 1 is 1.02 bits per heavy atom. The molecule has 10 nitrogen and oxygen atoms in total. The molecule has 0 spiro atoms. The van der Waals surface area contributed by atoms with Crippen LogP contribution in [0.25, 0.3) is 10.9 Å². The quantitative estimate of drug-likeness (QED) is 0.236. The number of amides is 4. The number of hydrogen-bond acceptors (Lipinski definition) is 5. The van der Waals surface area contributed by atoms with Crippen molar-refractivity contribution in [3.63, 3.8) is 0 Å². The van der Waals surface area contributed by atoms with E-state index >= 15 is 0 Å². The van der Waals surface area contributed by atoms with E-state index in [1.807, 2.05) is 62.4 Å². The maximum absolute atomic E-state index is 14.1. The molecule has 45 heavy (non-hydrogen) atoms. The molecule has 4 amide bonds. The summed E-state index contributed by atoms with van der Waals surface area (Å²) in [6.07, 6.45) is 1.82. The van der Waals surface area contributed by atoms with Crippen LogP contribution in [0, 0.1) is 5.82 Å². The number of aromatic nitrogens is 1. The number of urea groups is 1. The van der Waals surface area contributed by atoms with Crippen molar-refractivity contribution < 1.29 is 23.6 Å². The zero-order chi connectivity index (χ0) is 32.2. The van der Waals surface area contributed by atoms with E-state index in [0.29, 0.717) is 23.5 Å². The van der Waals surface area contributed by atoms with Gasteiger partial charge in [-0.25, -0.2) is 9.18 Å². The van der Waals surface area contributed by atoms with E-state index < -0.39 is 29.7 Å². The first-order valence-corrected chi connectivity index (χ1v) is 14.8. The Kier molecular flexibility index (Phi) is 9.29. The van der Waals surface area contributed by atoms with Gasteiger partial charge in [0, 0.05) is 53.9 Å². The van der Waals surface area contributed by atoms with Gasteiger partial charge in [0.1, 0.15) is 18.4 Å². The number of nitrogens with one attached hydrogen (secondary N) is 3. The van der Waals surface area contributed by atoms with Crippen molar-refractivity contribution >= 4 is 45.9 Å². The van der Waals surface area contributed by atoms with Gasteiger partial charge < -0.3 is 30.3 Å². The number of hydrogen-bond donors (Lipinski definition) is 3. The standard InChI is InChI=1S/C34H37FN6O4/c1-21(28-18-36-29-8-6-5-7-27(28)29)32(33(44)37-30-17-23(19-39(3)4)9-14-26(30)22(2)42)38-34(45)40-15-16-41(31(43)20-40)25-12-10-24(35)11-13-25/h5-14,17-18,21,32,36H,15-16,19-20H2,1-4H3,(H,37,44)(H,38,45)/t21-,32+/m0/s1. The zero-order valence-electron chi connectivity index (χ0n) is 25.8. The van der Waals surface area contributed by atoms with Gasteiger partial charge in [0.15, 0.2) is 5.78 Å². The lowest BCUT2D eigenvalue weighted by atomic mass is 9.92. The van der Waals surface area contributed by atoms with Crippen molar-refractivity contribution in [2.24, 2.45) is 0 Å². The van der Waals surface area contributed by atoms with E-state index in [2.05, 4.69) is 15.6 Å². The number of para-hydroxylation sites is 1. The van der Waals surface area contributed by atoms with Crippen LogP contribution in [0.1, 0.15) is 41.3 Å². The fourth-order valence-electron chi connectivity index (χ4n) is 5.71. The maximum Gasteiger partial charge on any atom is 0.318 e. The van der Waals surface area contributed by atoms with Crippen LogP contribution in [0.15, 0.2) is 72.9 Å². The van der Waals surface area contributed by atoms with Gasteiger partial charge in [-0.05, 0) is 74.6 Å². The fourth-order valence-corrected chi connectivity index (χ4v) is 5.71. The number of nitrogens with zero attached hydrogens (tertiary/aromatic N) is 3. The first-order chi connectivity index (χ1) is 21.5. The number of carbonyl (C=O) groups excluding carboxylic acids is 4. The van der Waals surface area contributed by atoms with Crippen molar-refractivity contribution in [2.45, 2.75) is 32.4 Å². The Morgan fingerprint density at radius 3 is 2.44 bits per heavy atom. The van der Waals surface area contributed by atoms with Gasteiger partial charge in [-0.2, -0.15) is 0 Å². The number of aromatic amines is 1. The monoisotopic (exact) mass is 612 g/mol. The smallest absolute Gasteiger partial charge is 0.318 e. The number of halogens is 1. The second-order valence-corrected chi connectivity index (χ2v) is 11.6. The van der Waals surface area contributed by atoms with Gasteiger partial charge in [0.2, 0.25) is 11.8 Å². The molecular weight excluding hydrogens is 575 g/mol. The second kappa shape index (κ2) is 13.3. The van der Waals surface area contributed by atoms with E-state index in [1.165, 1.54) is 41.0 Å². The highest BCUT2D eigenvalue weighted by Gasteiger charge is 2.34. The summed E-state index contributed by atoms with van der Waals surface area (Å²) in [5.41, 5.74) is 3.89. The van der Waals surface area contributed by atoms with E-state index in [9.17, 15) is 23.6 Å². The molecule has 0 unspecified atom stereocenters. The molecular formula is C34H37FN6O4. The molecule has 1 aliphatic rings. The number of rotatable bonds is 9. The Hall–Kier alpha value is -5.03. The highest BCUT2D eigenvalue weighted by Crippen LogP contribution is 2.29. The third kappa shape index (κ3) is 7.04. The summed E-state index contributed by atoms with van der Waals surface area (Å²) in [6, 6.07) is 17.0. The molecule has 2 atom stereocenters. The van der Waals surface area contributed by atoms with Crippen LogP contribution in [0.3, 0.4) is 0 Å². The molecule has 0 radical (unpaired) electrons. The third-order valence-electron chi connectivity index (χ3n) is 8.04. The van der Waals surface area contributed by atoms with Crippen LogP contribution in [0.5, 0.6) is 0 Å². The highest BCUT2D eigenvalue weighted by atomic mass is 19.1. The summed E-state index contributed by atoms with van der Waals surface area (Å²) >= 11 is 0. The Balaban J connectivity index is 1.41. The topological polar surface area (TPSA) is 118 Å². The number of piperazine rings is 1. The molecule has 0 bridgehead atoms. The molecule has 1 aliphatic heterocycles. The van der Waals surface area contributed by atoms with Crippen LogP contribution in [-0.4, -0.2) is 78.2 Å². The van der Waals surface area contributed by atoms with Crippen LogP contribution < -0.4 is 15.5 Å². The van der Waals surface area contributed by atoms with Gasteiger partial charge in [-0.1, -0.05) is 31.2 Å². The summed E-state index contributed by atoms with van der Waals surface area (Å²) in [7, 11) is 3.85. The minimum atomic E-state index is -1.06. The van der Waals surface area contributed by atoms with Crippen molar-refractivity contribution in [1.82, 2.24) is 20.1 Å². The molecule has 1 fully saturated rings. The summed E-state index contributed by atoms with van der Waals surface area (Å²) in [5.74, 6) is -1.92. The SMILES string of the molecule is CC(=O)c1ccc(CN(C)C)cc1NC(=O)[C@H](NC(=O)N1CCN(c2ccc(F)cc2)C(=O)C1)[C@@H](C)c1c[nH]c2ccccc12. The molecule has 0 aliphatic carbocycles. The summed E-state index contributed by atoms with van der Waals surface area (Å²) in [6.45, 7) is 4.11. The van der Waals surface area contributed by atoms with E-state index in [4.69, 9.17) is 0 Å². The van der Waals surface area contributed by atoms with E-state index in [0.717, 1.165) is 22.0 Å². The van der Waals surface area contributed by atoms with Gasteiger partial charge in [0.25, 0.3) is 0 Å². The zero-order valence-corrected chi connectivity index (χ0v) is 25.8. The number of benzene rings is 3. The number of anilines is 2. The molecule has 11 heteroatoms. The van der Waals surface area contributed by atoms with Gasteiger partial charge in [-0.3, -0.25) is 14.4 Å². The van der Waals surface area contributed by atoms with Crippen LogP contribution in [-0.2, 0) is 16.1 Å². The molecule has 4 aromatic rings. The molecule has 2 heterocycles. The summed E-state index contributed by atoms with van der Waals surface area (Å²) < 4.78 is 13.4. The van der Waals surface area contributed by atoms with Crippen molar-refractivity contribution in [1.29, 1.82) is 0 Å². The first-order valence-electron chi connectivity index (χ1n) is 14.8. The van der Waals surface area contributed by atoms with Crippen molar-refractivity contribution in [2.75, 3.05) is 43.9 Å². The Bertz CT molecular complexity index is 1730. The fraction of sp³-hybridized carbons (Fsp3) is 0.294. The maximum atomic E-state index is 14.1. The predicted molar refractivity (Wildman–Crippen MR) is 172 cm³/mol. The Labute approximate surface area is 261 Å². The third-order valence-corrected chi connectivity index (χ3v) is 8.04. The molecule has 3 N–H and O–H groups in total. The molecule has 1 aromatic heterocycles. The lowest BCUT2D eigenvalue weighted by Gasteiger charge is -2.35. The highest BCUT2D eigenvalue weighted by molar-refractivity contribution is 6.06. The normalized spacial score (nSPS) is 14.8. The van der Waals surface area contributed by atoms with E-state index in [1.54, 1.807) is 12.1 Å². The van der Waals surface area contributed by atoms with Gasteiger partial charge in [-0.15, -0.1) is 0 Å². The average molecular weight is 613 g/mol. The number of ketones is 1. The van der Waals surface area contributed by atoms with Crippen LogP contribution in [0.4, 0.5) is 20.6 Å². The lowest BCUT2D eigenvalue weighted by Crippen LogP contribution is -2.58. The largest absolute Gasteiger partial charge is 0.361 e. The molecule has 1 saturated heterocycles. The van der Waals surface area contributed by atoms with Crippen LogP contribution >= 0.6 is 0 Å². The first kappa shape index (κ1) is 31.4. The predicted octanol–water partition coefficient (Wildman–Crippen LogP) is 4.74.